The number of aliphatic hydroxyl groups excluding tert-OH is 14. The van der Waals surface area contributed by atoms with Crippen LogP contribution in [0.2, 0.25) is 0 Å². The molecule has 1 spiro atoms. The number of hydrogen-bond donors (Lipinski definition) is 14. The van der Waals surface area contributed by atoms with Gasteiger partial charge in [0.25, 0.3) is 0 Å². The molecule has 0 bridgehead atoms. The van der Waals surface area contributed by atoms with Gasteiger partial charge in [0, 0.05) is 12.3 Å². The van der Waals surface area contributed by atoms with Gasteiger partial charge in [-0.05, 0) is 91.3 Å². The molecule has 6 aliphatic heterocycles. The zero-order chi connectivity index (χ0) is 53.1. The standard InChI is InChI=1S/C50H82O24/c1-18-5-8-50(66-16-18)19(2)32-28(74-50)10-22-20-9-24(54)23-11-27(25(55)12-49(23,4)21(20)6-7-48(22,32)3)67-45-40(64)37(61)41(31(15-53)70-45)71-47-43(73-46-39(63)36(60)34(58)29(13-51)68-46)42(35(59)30(14-52)69-47)72-44-38(62)33(57)26(56)17-65-44/h18-47,51-64H,5-17H2,1-4H3/t18?,19-,20+,21?,22?,23+,24-,25+,26?,27+,28-,29?,30?,31?,32-,33?,34?,35?,36?,37?,38?,39?,40?,41?,42?,43?,44?,45?,46?,47?,48-,49+,50+/m0/s1. The van der Waals surface area contributed by atoms with Crippen molar-refractivity contribution in [2.45, 2.75) is 226 Å². The van der Waals surface area contributed by atoms with E-state index >= 15 is 0 Å². The first kappa shape index (κ1) is 56.3. The first-order chi connectivity index (χ1) is 35.1. The summed E-state index contributed by atoms with van der Waals surface area (Å²) in [7, 11) is 0. The van der Waals surface area contributed by atoms with E-state index in [4.69, 9.17) is 47.4 Å². The molecule has 10 fully saturated rings. The van der Waals surface area contributed by atoms with Crippen molar-refractivity contribution in [3.05, 3.63) is 0 Å². The minimum absolute atomic E-state index is 0.00497. The smallest absolute Gasteiger partial charge is 0.187 e. The Morgan fingerprint density at radius 3 is 1.81 bits per heavy atom. The molecule has 426 valence electrons. The first-order valence-electron chi connectivity index (χ1n) is 26.9. The van der Waals surface area contributed by atoms with Crippen molar-refractivity contribution in [1.82, 2.24) is 0 Å². The highest BCUT2D eigenvalue weighted by Gasteiger charge is 2.70. The summed E-state index contributed by atoms with van der Waals surface area (Å²) in [6.45, 7) is 6.60. The van der Waals surface area contributed by atoms with Crippen molar-refractivity contribution in [3.63, 3.8) is 0 Å². The van der Waals surface area contributed by atoms with Crippen LogP contribution in [-0.4, -0.2) is 251 Å². The Bertz CT molecular complexity index is 1900. The van der Waals surface area contributed by atoms with Crippen LogP contribution in [0.1, 0.15) is 79.1 Å². The second-order valence-corrected chi connectivity index (χ2v) is 24.2. The van der Waals surface area contributed by atoms with E-state index in [1.165, 1.54) is 0 Å². The van der Waals surface area contributed by atoms with Gasteiger partial charge in [0.15, 0.2) is 30.9 Å². The second-order valence-electron chi connectivity index (χ2n) is 24.2. The highest BCUT2D eigenvalue weighted by atomic mass is 16.8. The summed E-state index contributed by atoms with van der Waals surface area (Å²) in [4.78, 5) is 0. The van der Waals surface area contributed by atoms with Gasteiger partial charge < -0.3 is 119 Å². The molecule has 0 aromatic carbocycles. The molecular formula is C50H82O24. The molecule has 22 unspecified atom stereocenters. The Balaban J connectivity index is 0.834. The highest BCUT2D eigenvalue weighted by Crippen LogP contribution is 2.71. The van der Waals surface area contributed by atoms with Gasteiger partial charge in [-0.25, -0.2) is 0 Å². The lowest BCUT2D eigenvalue weighted by Gasteiger charge is -2.63. The topological polar surface area (TPSA) is 376 Å². The maximum Gasteiger partial charge on any atom is 0.187 e. The Morgan fingerprint density at radius 2 is 1.12 bits per heavy atom. The Kier molecular flexibility index (Phi) is 16.4. The van der Waals surface area contributed by atoms with Gasteiger partial charge >= 0.3 is 0 Å². The van der Waals surface area contributed by atoms with Gasteiger partial charge in [0.05, 0.1) is 57.5 Å². The fourth-order valence-electron chi connectivity index (χ4n) is 16.0. The minimum Gasteiger partial charge on any atom is -0.394 e. The molecule has 0 aromatic rings. The summed E-state index contributed by atoms with van der Waals surface area (Å²) in [5.41, 5.74) is -0.460. The van der Waals surface area contributed by atoms with Crippen LogP contribution in [-0.2, 0) is 47.4 Å². The van der Waals surface area contributed by atoms with Crippen molar-refractivity contribution in [1.29, 1.82) is 0 Å². The quantitative estimate of drug-likeness (QED) is 0.0870. The fraction of sp³-hybridized carbons (Fsp3) is 1.00. The molecule has 6 saturated heterocycles. The van der Waals surface area contributed by atoms with E-state index in [-0.39, 0.29) is 48.0 Å². The van der Waals surface area contributed by atoms with Crippen molar-refractivity contribution in [2.24, 2.45) is 52.3 Å². The van der Waals surface area contributed by atoms with E-state index in [1.54, 1.807) is 0 Å². The molecule has 0 aromatic heterocycles. The summed E-state index contributed by atoms with van der Waals surface area (Å²) in [5, 5.41) is 153. The third-order valence-electron chi connectivity index (χ3n) is 20.0. The average Bonchev–Trinajstić information content (AvgIpc) is 3.82. The molecule has 10 rings (SSSR count). The summed E-state index contributed by atoms with van der Waals surface area (Å²) < 4.78 is 60.9. The zero-order valence-electron chi connectivity index (χ0n) is 42.4. The Morgan fingerprint density at radius 1 is 0.500 bits per heavy atom. The van der Waals surface area contributed by atoms with Gasteiger partial charge in [0.1, 0.15) is 91.6 Å². The minimum atomic E-state index is -2.04. The predicted octanol–water partition coefficient (Wildman–Crippen LogP) is -4.33. The molecule has 6 heterocycles. The van der Waals surface area contributed by atoms with Gasteiger partial charge in [-0.1, -0.05) is 27.7 Å². The van der Waals surface area contributed by atoms with E-state index in [0.717, 1.165) is 32.1 Å². The second kappa shape index (κ2) is 21.5. The maximum absolute atomic E-state index is 12.1. The van der Waals surface area contributed by atoms with E-state index in [2.05, 4.69) is 27.7 Å². The summed E-state index contributed by atoms with van der Waals surface area (Å²) >= 11 is 0. The van der Waals surface area contributed by atoms with Crippen LogP contribution >= 0.6 is 0 Å². The largest absolute Gasteiger partial charge is 0.394 e. The van der Waals surface area contributed by atoms with Gasteiger partial charge in [0.2, 0.25) is 0 Å². The molecule has 33 atom stereocenters. The number of fused-ring (bicyclic) bond motifs is 7. The van der Waals surface area contributed by atoms with Crippen LogP contribution in [0.25, 0.3) is 0 Å². The lowest BCUT2D eigenvalue weighted by Crippen LogP contribution is -2.68. The monoisotopic (exact) mass is 1070 g/mol. The van der Waals surface area contributed by atoms with Gasteiger partial charge in [-0.2, -0.15) is 0 Å². The normalized spacial score (nSPS) is 58.6. The van der Waals surface area contributed by atoms with E-state index in [1.807, 2.05) is 0 Å². The average molecular weight is 1070 g/mol. The third-order valence-corrected chi connectivity index (χ3v) is 20.0. The van der Waals surface area contributed by atoms with E-state index in [0.29, 0.717) is 30.8 Å². The van der Waals surface area contributed by atoms with Gasteiger partial charge in [-0.3, -0.25) is 0 Å². The molecule has 24 nitrogen and oxygen atoms in total. The van der Waals surface area contributed by atoms with Crippen LogP contribution < -0.4 is 0 Å². The highest BCUT2D eigenvalue weighted by molar-refractivity contribution is 5.17. The molecule has 4 saturated carbocycles. The van der Waals surface area contributed by atoms with E-state index in [9.17, 15) is 71.5 Å². The SMILES string of the molecule is CC1CC[C@@]2(OC1)O[C@H]1CC3[C@@H]4C[C@H](O)[C@H]5C[C@@H](OC6OC(CO)C(OC7OC(CO)C(O)C(OC8OCC(O)C(O)C8O)C7OC7OC(CO)C(O)C(O)C7O)C(O)C6O)[C@H](O)C[C@]5(C)C4CC[C@]3(C)[C@H]1[C@@H]2C. The molecule has 0 amide bonds. The lowest BCUT2D eigenvalue weighted by atomic mass is 9.43. The number of aliphatic hydroxyl groups is 14. The number of hydrogen-bond acceptors (Lipinski definition) is 24. The van der Waals surface area contributed by atoms with Crippen molar-refractivity contribution >= 4 is 0 Å². The predicted molar refractivity (Wildman–Crippen MR) is 245 cm³/mol. The summed E-state index contributed by atoms with van der Waals surface area (Å²) in [5.74, 6) is 0.989. The van der Waals surface area contributed by atoms with Crippen LogP contribution in [0, 0.1) is 52.3 Å². The number of rotatable bonds is 11. The zero-order valence-corrected chi connectivity index (χ0v) is 42.4. The van der Waals surface area contributed by atoms with Crippen molar-refractivity contribution in [3.8, 4) is 0 Å². The van der Waals surface area contributed by atoms with Crippen LogP contribution in [0.4, 0.5) is 0 Å². The number of ether oxygens (including phenoxy) is 10. The van der Waals surface area contributed by atoms with Gasteiger partial charge in [-0.15, -0.1) is 0 Å². The van der Waals surface area contributed by atoms with Crippen molar-refractivity contribution < 1.29 is 119 Å². The van der Waals surface area contributed by atoms with E-state index < -0.39 is 173 Å². The van der Waals surface area contributed by atoms with Crippen LogP contribution in [0.3, 0.4) is 0 Å². The molecule has 74 heavy (non-hydrogen) atoms. The van der Waals surface area contributed by atoms with Crippen LogP contribution in [0.5, 0.6) is 0 Å². The summed E-state index contributed by atoms with van der Waals surface area (Å²) in [6, 6.07) is 0. The molecule has 0 radical (unpaired) electrons. The lowest BCUT2D eigenvalue weighted by molar-refractivity contribution is -0.404. The summed E-state index contributed by atoms with van der Waals surface area (Å²) in [6.07, 6.45) is -31.1. The molecular weight excluding hydrogens is 985 g/mol. The fourth-order valence-corrected chi connectivity index (χ4v) is 16.0. The first-order valence-corrected chi connectivity index (χ1v) is 26.9. The Labute approximate surface area is 429 Å². The molecule has 10 aliphatic rings. The third kappa shape index (κ3) is 9.45. The maximum atomic E-state index is 12.1. The van der Waals surface area contributed by atoms with Crippen molar-refractivity contribution in [2.75, 3.05) is 33.0 Å². The van der Waals surface area contributed by atoms with Crippen LogP contribution in [0.15, 0.2) is 0 Å². The molecule has 14 N–H and O–H groups in total. The molecule has 4 aliphatic carbocycles. The Hall–Kier alpha value is -0.960. The molecule has 24 heteroatoms.